The molecule has 3 rings (SSSR count). The topological polar surface area (TPSA) is 103 Å². The van der Waals surface area contributed by atoms with Gasteiger partial charge in [0, 0.05) is 30.8 Å². The molecule has 0 bridgehead atoms. The number of nitrogens with one attached hydrogen (secondary N) is 1. The molecule has 1 aliphatic heterocycles. The summed E-state index contributed by atoms with van der Waals surface area (Å²) in [5, 5.41) is 6.71. The Hall–Kier alpha value is -3.23. The van der Waals surface area contributed by atoms with Crippen LogP contribution in [0.2, 0.25) is 0 Å². The quantitative estimate of drug-likeness (QED) is 0.632. The minimum Gasteiger partial charge on any atom is -0.490 e. The van der Waals surface area contributed by atoms with Crippen molar-refractivity contribution in [1.82, 2.24) is 15.4 Å². The van der Waals surface area contributed by atoms with Crippen LogP contribution in [0.25, 0.3) is 0 Å². The van der Waals surface area contributed by atoms with Crippen LogP contribution in [-0.4, -0.2) is 60.8 Å². The van der Waals surface area contributed by atoms with Crippen molar-refractivity contribution in [3.63, 3.8) is 0 Å². The number of carbonyl (C=O) groups excluding carboxylic acids is 2. The lowest BCUT2D eigenvalue weighted by molar-refractivity contribution is 0.0696. The molecule has 0 saturated carbocycles. The summed E-state index contributed by atoms with van der Waals surface area (Å²) in [4.78, 5) is 27.3. The highest BCUT2D eigenvalue weighted by atomic mass is 16.5. The Morgan fingerprint density at radius 1 is 1.03 bits per heavy atom. The third-order valence-electron chi connectivity index (χ3n) is 5.13. The van der Waals surface area contributed by atoms with Crippen LogP contribution in [0.15, 0.2) is 22.7 Å². The summed E-state index contributed by atoms with van der Waals surface area (Å²) in [6, 6.07) is 4.99. The van der Waals surface area contributed by atoms with Crippen molar-refractivity contribution in [3.8, 4) is 17.2 Å². The predicted octanol–water partition coefficient (Wildman–Crippen LogP) is 3.21. The molecule has 2 heterocycles. The fourth-order valence-corrected chi connectivity index (χ4v) is 3.65. The van der Waals surface area contributed by atoms with Crippen molar-refractivity contribution in [2.45, 2.75) is 46.6 Å². The fourth-order valence-electron chi connectivity index (χ4n) is 3.65. The summed E-state index contributed by atoms with van der Waals surface area (Å²) in [7, 11) is 0. The molecule has 1 saturated heterocycles. The lowest BCUT2D eigenvalue weighted by Crippen LogP contribution is -2.46. The van der Waals surface area contributed by atoms with Crippen molar-refractivity contribution in [2.75, 3.05) is 32.9 Å². The molecule has 1 aliphatic rings. The van der Waals surface area contributed by atoms with Crippen LogP contribution in [0.1, 0.15) is 60.2 Å². The number of hydrogen-bond acceptors (Lipinski definition) is 7. The summed E-state index contributed by atoms with van der Waals surface area (Å²) in [6.45, 7) is 9.79. The monoisotopic (exact) mass is 445 g/mol. The fraction of sp³-hybridized carbons (Fsp3) is 0.522. The van der Waals surface area contributed by atoms with E-state index in [0.717, 1.165) is 0 Å². The SMILES string of the molecule is CCOc1cc(C(=O)N2CCC(NC(=O)c3cc(C)on3)CC2)cc(OCC)c1OCC. The zero-order chi connectivity index (χ0) is 23.1. The highest BCUT2D eigenvalue weighted by molar-refractivity contribution is 5.96. The molecule has 0 aliphatic carbocycles. The van der Waals surface area contributed by atoms with Crippen LogP contribution in [0.5, 0.6) is 17.2 Å². The molecule has 2 aromatic rings. The molecule has 32 heavy (non-hydrogen) atoms. The van der Waals surface area contributed by atoms with Gasteiger partial charge in [-0.05, 0) is 52.7 Å². The average molecular weight is 446 g/mol. The Morgan fingerprint density at radius 3 is 2.12 bits per heavy atom. The maximum Gasteiger partial charge on any atom is 0.273 e. The van der Waals surface area contributed by atoms with E-state index in [9.17, 15) is 9.59 Å². The maximum absolute atomic E-state index is 13.2. The van der Waals surface area contributed by atoms with Crippen LogP contribution >= 0.6 is 0 Å². The number of likely N-dealkylation sites (tertiary alicyclic amines) is 1. The molecular formula is C23H31N3O6. The molecule has 1 fully saturated rings. The highest BCUT2D eigenvalue weighted by Crippen LogP contribution is 2.39. The molecule has 9 nitrogen and oxygen atoms in total. The van der Waals surface area contributed by atoms with Gasteiger partial charge in [-0.2, -0.15) is 0 Å². The van der Waals surface area contributed by atoms with Gasteiger partial charge in [-0.15, -0.1) is 0 Å². The smallest absolute Gasteiger partial charge is 0.273 e. The number of carbonyl (C=O) groups is 2. The lowest BCUT2D eigenvalue weighted by atomic mass is 10.0. The molecule has 2 amide bonds. The molecule has 1 aromatic heterocycles. The van der Waals surface area contributed by atoms with Crippen molar-refractivity contribution in [1.29, 1.82) is 0 Å². The number of hydrogen-bond donors (Lipinski definition) is 1. The van der Waals surface area contributed by atoms with Crippen molar-refractivity contribution >= 4 is 11.8 Å². The number of aromatic nitrogens is 1. The van der Waals surface area contributed by atoms with E-state index < -0.39 is 0 Å². The Morgan fingerprint density at radius 2 is 1.62 bits per heavy atom. The third-order valence-corrected chi connectivity index (χ3v) is 5.13. The van der Waals surface area contributed by atoms with E-state index >= 15 is 0 Å². The number of aryl methyl sites for hydroxylation is 1. The first kappa shape index (κ1) is 23.4. The van der Waals surface area contributed by atoms with Crippen molar-refractivity contribution in [2.24, 2.45) is 0 Å². The number of amides is 2. The van der Waals surface area contributed by atoms with E-state index in [1.165, 1.54) is 0 Å². The predicted molar refractivity (Wildman–Crippen MR) is 118 cm³/mol. The minimum atomic E-state index is -0.263. The van der Waals surface area contributed by atoms with Crippen molar-refractivity contribution in [3.05, 3.63) is 35.2 Å². The molecule has 9 heteroatoms. The first-order chi connectivity index (χ1) is 15.5. The van der Waals surface area contributed by atoms with Crippen LogP contribution < -0.4 is 19.5 Å². The first-order valence-corrected chi connectivity index (χ1v) is 11.1. The molecular weight excluding hydrogens is 414 g/mol. The van der Waals surface area contributed by atoms with E-state index in [0.29, 0.717) is 74.3 Å². The second-order valence-electron chi connectivity index (χ2n) is 7.46. The van der Waals surface area contributed by atoms with Crippen LogP contribution in [0, 0.1) is 6.92 Å². The third kappa shape index (κ3) is 5.52. The van der Waals surface area contributed by atoms with Gasteiger partial charge in [-0.1, -0.05) is 5.16 Å². The van der Waals surface area contributed by atoms with Gasteiger partial charge in [0.15, 0.2) is 17.2 Å². The first-order valence-electron chi connectivity index (χ1n) is 11.1. The Balaban J connectivity index is 1.67. The largest absolute Gasteiger partial charge is 0.490 e. The van der Waals surface area contributed by atoms with Gasteiger partial charge < -0.3 is 29.0 Å². The van der Waals surface area contributed by atoms with Gasteiger partial charge in [0.05, 0.1) is 19.8 Å². The average Bonchev–Trinajstić information content (AvgIpc) is 3.22. The van der Waals surface area contributed by atoms with Crippen LogP contribution in [0.4, 0.5) is 0 Å². The second-order valence-corrected chi connectivity index (χ2v) is 7.46. The summed E-state index contributed by atoms with van der Waals surface area (Å²) < 4.78 is 22.1. The summed E-state index contributed by atoms with van der Waals surface area (Å²) in [5.74, 6) is 1.72. The van der Waals surface area contributed by atoms with Gasteiger partial charge in [-0.25, -0.2) is 0 Å². The highest BCUT2D eigenvalue weighted by Gasteiger charge is 2.27. The normalized spacial score (nSPS) is 14.2. The molecule has 0 spiro atoms. The summed E-state index contributed by atoms with van der Waals surface area (Å²) in [6.07, 6.45) is 1.31. The van der Waals surface area contributed by atoms with E-state index in [1.807, 2.05) is 20.8 Å². The van der Waals surface area contributed by atoms with E-state index in [4.69, 9.17) is 18.7 Å². The molecule has 174 valence electrons. The number of rotatable bonds is 9. The van der Waals surface area contributed by atoms with Gasteiger partial charge in [0.2, 0.25) is 5.75 Å². The minimum absolute atomic E-state index is 0.0261. The number of piperidine rings is 1. The van der Waals surface area contributed by atoms with E-state index in [2.05, 4.69) is 10.5 Å². The van der Waals surface area contributed by atoms with Gasteiger partial charge in [-0.3, -0.25) is 9.59 Å². The Bertz CT molecular complexity index is 907. The maximum atomic E-state index is 13.2. The zero-order valence-electron chi connectivity index (χ0n) is 19.1. The number of benzene rings is 1. The Labute approximate surface area is 188 Å². The summed E-state index contributed by atoms with van der Waals surface area (Å²) in [5.41, 5.74) is 0.753. The van der Waals surface area contributed by atoms with E-state index in [-0.39, 0.29) is 23.6 Å². The number of nitrogens with zero attached hydrogens (tertiary/aromatic N) is 2. The molecule has 0 radical (unpaired) electrons. The van der Waals surface area contributed by atoms with Gasteiger partial charge in [0.1, 0.15) is 5.76 Å². The van der Waals surface area contributed by atoms with Crippen molar-refractivity contribution < 1.29 is 28.3 Å². The molecule has 0 unspecified atom stereocenters. The van der Waals surface area contributed by atoms with Gasteiger partial charge in [0.25, 0.3) is 11.8 Å². The summed E-state index contributed by atoms with van der Waals surface area (Å²) >= 11 is 0. The second kappa shape index (κ2) is 10.9. The lowest BCUT2D eigenvalue weighted by Gasteiger charge is -2.32. The number of ether oxygens (including phenoxy) is 3. The molecule has 1 N–H and O–H groups in total. The van der Waals surface area contributed by atoms with Crippen LogP contribution in [0.3, 0.4) is 0 Å². The zero-order valence-corrected chi connectivity index (χ0v) is 19.1. The Kier molecular flexibility index (Phi) is 7.97. The van der Waals surface area contributed by atoms with Crippen LogP contribution in [-0.2, 0) is 0 Å². The molecule has 0 atom stereocenters. The van der Waals surface area contributed by atoms with Gasteiger partial charge >= 0.3 is 0 Å². The standard InChI is InChI=1S/C23H31N3O6/c1-5-29-19-13-16(14-20(30-6-2)21(19)31-7-3)23(28)26-10-8-17(9-11-26)24-22(27)18-12-15(4)32-25-18/h12-14,17H,5-11H2,1-4H3,(H,24,27). The van der Waals surface area contributed by atoms with E-state index in [1.54, 1.807) is 30.0 Å². The molecule has 1 aromatic carbocycles.